The van der Waals surface area contributed by atoms with Crippen molar-refractivity contribution >= 4 is 31.7 Å². The number of hydrogen-bond donors (Lipinski definition) is 1. The van der Waals surface area contributed by atoms with Crippen LogP contribution in [0.2, 0.25) is 0 Å². The topological polar surface area (TPSA) is 82.5 Å². The van der Waals surface area contributed by atoms with Crippen molar-refractivity contribution in [2.24, 2.45) is 0 Å². The van der Waals surface area contributed by atoms with Gasteiger partial charge in [-0.2, -0.15) is 8.42 Å². The summed E-state index contributed by atoms with van der Waals surface area (Å²) >= 11 is 3.02. The molecule has 0 saturated heterocycles. The molecule has 0 amide bonds. The fraction of sp³-hybridized carbons (Fsp3) is 0. The van der Waals surface area contributed by atoms with Crippen molar-refractivity contribution < 1.29 is 30.0 Å². The minimum Gasteiger partial charge on any atom is -1.00 e. The van der Waals surface area contributed by atoms with E-state index in [0.29, 0.717) is 4.47 Å². The predicted molar refractivity (Wildman–Crippen MR) is 48.7 cm³/mol. The molecule has 14 heavy (non-hydrogen) atoms. The molecule has 1 N–H and O–H groups in total. The molecule has 0 heterocycles. The summed E-state index contributed by atoms with van der Waals surface area (Å²) in [6, 6.07) is 3.89. The van der Waals surface area contributed by atoms with Crippen molar-refractivity contribution in [1.29, 1.82) is 5.39 Å². The lowest BCUT2D eigenvalue weighted by Crippen LogP contribution is -3.00. The first-order valence-electron chi connectivity index (χ1n) is 3.07. The SMILES string of the molecule is N#[N+]c1ccc(Br)cc1S(=O)(=O)O.[Br-]. The molecule has 1 aromatic rings. The van der Waals surface area contributed by atoms with Crippen LogP contribution < -0.4 is 17.0 Å². The Morgan fingerprint density at radius 1 is 1.43 bits per heavy atom. The Morgan fingerprint density at radius 2 is 2.00 bits per heavy atom. The molecule has 0 aliphatic rings. The lowest BCUT2D eigenvalue weighted by Gasteiger charge is -1.93. The summed E-state index contributed by atoms with van der Waals surface area (Å²) in [5.41, 5.74) is -0.203. The van der Waals surface area contributed by atoms with Gasteiger partial charge >= 0.3 is 15.8 Å². The van der Waals surface area contributed by atoms with Crippen molar-refractivity contribution in [3.8, 4) is 0 Å². The van der Waals surface area contributed by atoms with Gasteiger partial charge in [-0.3, -0.25) is 4.55 Å². The standard InChI is InChI=1S/C6H3BrN2O3S.BrH/c7-4-1-2-5(9-8)6(3-4)13(10,11)12;/h1-3H;1H. The molecule has 5 nitrogen and oxygen atoms in total. The highest BCUT2D eigenvalue weighted by atomic mass is 79.9. The average Bonchev–Trinajstić information content (AvgIpc) is 2.03. The normalized spacial score (nSPS) is 10.1. The van der Waals surface area contributed by atoms with Gasteiger partial charge in [-0.15, -0.1) is 0 Å². The number of rotatable bonds is 1. The summed E-state index contributed by atoms with van der Waals surface area (Å²) in [6.07, 6.45) is 0. The maximum atomic E-state index is 10.7. The number of halogens is 2. The van der Waals surface area contributed by atoms with E-state index in [1.54, 1.807) is 0 Å². The highest BCUT2D eigenvalue weighted by Crippen LogP contribution is 2.27. The first kappa shape index (κ1) is 13.5. The van der Waals surface area contributed by atoms with Gasteiger partial charge in [-0.1, -0.05) is 15.9 Å². The van der Waals surface area contributed by atoms with Crippen LogP contribution in [0, 0.1) is 5.39 Å². The second kappa shape index (κ2) is 4.84. The molecular weight excluding hydrogens is 340 g/mol. The summed E-state index contributed by atoms with van der Waals surface area (Å²) < 4.78 is 30.6. The summed E-state index contributed by atoms with van der Waals surface area (Å²) in [7, 11) is -4.35. The van der Waals surface area contributed by atoms with E-state index in [9.17, 15) is 8.42 Å². The van der Waals surface area contributed by atoms with Crippen LogP contribution in [0.1, 0.15) is 0 Å². The quantitative estimate of drug-likeness (QED) is 0.533. The zero-order chi connectivity index (χ0) is 10.1. The fourth-order valence-electron chi connectivity index (χ4n) is 0.777. The van der Waals surface area contributed by atoms with Gasteiger partial charge in [0.05, 0.1) is 0 Å². The zero-order valence-corrected chi connectivity index (χ0v) is 10.5. The number of benzene rings is 1. The molecule has 76 valence electrons. The van der Waals surface area contributed by atoms with Gasteiger partial charge in [0.25, 0.3) is 0 Å². The van der Waals surface area contributed by atoms with E-state index in [-0.39, 0.29) is 22.7 Å². The Hall–Kier alpha value is -0.490. The molecule has 0 aliphatic heterocycles. The molecule has 0 fully saturated rings. The molecule has 0 atom stereocenters. The molecule has 0 bridgehead atoms. The van der Waals surface area contributed by atoms with Gasteiger partial charge in [0, 0.05) is 10.5 Å². The Morgan fingerprint density at radius 3 is 2.43 bits per heavy atom. The maximum absolute atomic E-state index is 10.7. The van der Waals surface area contributed by atoms with Crippen molar-refractivity contribution in [3.05, 3.63) is 27.6 Å². The monoisotopic (exact) mass is 342 g/mol. The second-order valence-corrected chi connectivity index (χ2v) is 4.49. The number of hydrogen-bond acceptors (Lipinski definition) is 3. The molecule has 0 spiro atoms. The van der Waals surface area contributed by atoms with Crippen molar-refractivity contribution in [1.82, 2.24) is 0 Å². The van der Waals surface area contributed by atoms with Crippen LogP contribution in [0.3, 0.4) is 0 Å². The first-order valence-corrected chi connectivity index (χ1v) is 5.30. The van der Waals surface area contributed by atoms with Crippen LogP contribution in [0.5, 0.6) is 0 Å². The minimum atomic E-state index is -4.35. The van der Waals surface area contributed by atoms with Crippen molar-refractivity contribution in [3.63, 3.8) is 0 Å². The maximum Gasteiger partial charge on any atom is 0.406 e. The van der Waals surface area contributed by atoms with Gasteiger partial charge in [0.1, 0.15) is 0 Å². The lowest BCUT2D eigenvalue weighted by atomic mass is 10.3. The third-order valence-corrected chi connectivity index (χ3v) is 2.68. The molecule has 0 radical (unpaired) electrons. The van der Waals surface area contributed by atoms with E-state index in [1.165, 1.54) is 12.1 Å². The Labute approximate surface area is 99.4 Å². The van der Waals surface area contributed by atoms with Crippen molar-refractivity contribution in [2.45, 2.75) is 4.90 Å². The minimum absolute atomic E-state index is 0. The fourth-order valence-corrected chi connectivity index (χ4v) is 1.94. The number of diazo groups is 1. The average molecular weight is 344 g/mol. The van der Waals surface area contributed by atoms with E-state index in [4.69, 9.17) is 9.95 Å². The van der Waals surface area contributed by atoms with Gasteiger partial charge in [0.15, 0.2) is 9.87 Å². The van der Waals surface area contributed by atoms with Gasteiger partial charge in [0.2, 0.25) is 5.39 Å². The Bertz CT molecular complexity index is 480. The van der Waals surface area contributed by atoms with E-state index in [1.807, 2.05) is 0 Å². The molecule has 0 unspecified atom stereocenters. The smallest absolute Gasteiger partial charge is 0.406 e. The van der Waals surface area contributed by atoms with E-state index in [0.717, 1.165) is 6.07 Å². The van der Waals surface area contributed by atoms with Crippen LogP contribution in [0.25, 0.3) is 4.98 Å². The summed E-state index contributed by atoms with van der Waals surface area (Å²) in [5.74, 6) is 0. The molecule has 0 aromatic heterocycles. The Kier molecular flexibility index (Phi) is 4.67. The number of nitrogens with zero attached hydrogens (tertiary/aromatic N) is 2. The van der Waals surface area contributed by atoms with E-state index >= 15 is 0 Å². The van der Waals surface area contributed by atoms with Crippen LogP contribution in [-0.4, -0.2) is 13.0 Å². The van der Waals surface area contributed by atoms with E-state index in [2.05, 4.69) is 20.9 Å². The van der Waals surface area contributed by atoms with Gasteiger partial charge in [-0.25, -0.2) is 0 Å². The summed E-state index contributed by atoms with van der Waals surface area (Å²) in [5, 5.41) is 8.41. The Balaban J connectivity index is 0.00000169. The zero-order valence-electron chi connectivity index (χ0n) is 6.55. The van der Waals surface area contributed by atoms with Gasteiger partial charge in [-0.05, 0) is 12.1 Å². The third-order valence-electron chi connectivity index (χ3n) is 1.31. The lowest BCUT2D eigenvalue weighted by molar-refractivity contribution is -0.00000693. The largest absolute Gasteiger partial charge is 1.00 e. The summed E-state index contributed by atoms with van der Waals surface area (Å²) in [4.78, 5) is 2.28. The van der Waals surface area contributed by atoms with Crippen LogP contribution in [0.4, 0.5) is 5.69 Å². The molecular formula is C6H4Br2N2O3S. The highest BCUT2D eigenvalue weighted by molar-refractivity contribution is 9.10. The van der Waals surface area contributed by atoms with Gasteiger partial charge < -0.3 is 17.0 Å². The molecule has 0 saturated carbocycles. The van der Waals surface area contributed by atoms with Crippen LogP contribution in [-0.2, 0) is 10.1 Å². The van der Waals surface area contributed by atoms with E-state index < -0.39 is 15.0 Å². The van der Waals surface area contributed by atoms with Crippen LogP contribution >= 0.6 is 15.9 Å². The molecule has 1 rings (SSSR count). The third kappa shape index (κ3) is 3.02. The first-order chi connectivity index (χ1) is 5.95. The second-order valence-electron chi connectivity index (χ2n) is 2.19. The highest BCUT2D eigenvalue weighted by Gasteiger charge is 2.24. The molecule has 0 aliphatic carbocycles. The van der Waals surface area contributed by atoms with Crippen molar-refractivity contribution in [2.75, 3.05) is 0 Å². The predicted octanol–water partition coefficient (Wildman–Crippen LogP) is -0.816. The molecule has 1 aromatic carbocycles. The molecule has 8 heteroatoms. The summed E-state index contributed by atoms with van der Waals surface area (Å²) in [6.45, 7) is 0. The van der Waals surface area contributed by atoms with Crippen LogP contribution in [0.15, 0.2) is 27.6 Å².